The first kappa shape index (κ1) is 13.3. The van der Waals surface area contributed by atoms with Crippen molar-refractivity contribution in [3.05, 3.63) is 41.6 Å². The maximum atomic E-state index is 10.8. The number of carboxylic acid groups (broad SMARTS) is 1. The number of hydrogen-bond donors (Lipinski definition) is 2. The molecule has 0 saturated carbocycles. The fraction of sp³-hybridized carbons (Fsp3) is 0.286. The molecule has 2 rings (SSSR count). The van der Waals surface area contributed by atoms with Crippen molar-refractivity contribution in [3.63, 3.8) is 0 Å². The van der Waals surface area contributed by atoms with Crippen LogP contribution in [0.5, 0.6) is 0 Å². The number of methoxy groups -OCH3 is 1. The van der Waals surface area contributed by atoms with E-state index in [-0.39, 0.29) is 11.8 Å². The second-order valence-electron chi connectivity index (χ2n) is 4.42. The minimum absolute atomic E-state index is 0.0886. The lowest BCUT2D eigenvalue weighted by molar-refractivity contribution is 0.0690. The highest BCUT2D eigenvalue weighted by molar-refractivity contribution is 5.86. The molecule has 0 amide bonds. The molecule has 0 saturated heterocycles. The van der Waals surface area contributed by atoms with Gasteiger partial charge in [-0.1, -0.05) is 18.2 Å². The Morgan fingerprint density at radius 2 is 2.26 bits per heavy atom. The van der Waals surface area contributed by atoms with E-state index in [4.69, 9.17) is 9.84 Å². The highest BCUT2D eigenvalue weighted by Gasteiger charge is 2.10. The van der Waals surface area contributed by atoms with Gasteiger partial charge in [-0.25, -0.2) is 4.79 Å². The molecule has 0 bridgehead atoms. The van der Waals surface area contributed by atoms with E-state index in [9.17, 15) is 4.79 Å². The lowest BCUT2D eigenvalue weighted by atomic mass is 10.0. The van der Waals surface area contributed by atoms with Crippen LogP contribution in [0.3, 0.4) is 0 Å². The van der Waals surface area contributed by atoms with Crippen molar-refractivity contribution >= 4 is 5.97 Å². The van der Waals surface area contributed by atoms with Crippen molar-refractivity contribution in [1.29, 1.82) is 0 Å². The van der Waals surface area contributed by atoms with Crippen LogP contribution in [-0.4, -0.2) is 34.5 Å². The van der Waals surface area contributed by atoms with Crippen LogP contribution < -0.4 is 0 Å². The predicted molar refractivity (Wildman–Crippen MR) is 71.2 cm³/mol. The average Bonchev–Trinajstić information content (AvgIpc) is 2.88. The third kappa shape index (κ3) is 3.20. The summed E-state index contributed by atoms with van der Waals surface area (Å²) in [6.45, 7) is 2.00. The molecule has 1 unspecified atom stereocenters. The van der Waals surface area contributed by atoms with Gasteiger partial charge >= 0.3 is 5.97 Å². The first-order valence-electron chi connectivity index (χ1n) is 6.01. The number of benzene rings is 1. The lowest BCUT2D eigenvalue weighted by Crippen LogP contribution is -2.08. The maximum absolute atomic E-state index is 10.8. The van der Waals surface area contributed by atoms with Crippen LogP contribution in [-0.2, 0) is 11.2 Å². The molecule has 0 radical (unpaired) electrons. The Kier molecular flexibility index (Phi) is 3.97. The quantitative estimate of drug-likeness (QED) is 0.865. The van der Waals surface area contributed by atoms with Gasteiger partial charge in [0.15, 0.2) is 0 Å². The molecule has 1 heterocycles. The van der Waals surface area contributed by atoms with Crippen molar-refractivity contribution in [2.45, 2.75) is 19.4 Å². The summed E-state index contributed by atoms with van der Waals surface area (Å²) in [6.07, 6.45) is 0.949. The summed E-state index contributed by atoms with van der Waals surface area (Å²) in [6, 6.07) is 9.38. The Labute approximate surface area is 111 Å². The van der Waals surface area contributed by atoms with E-state index in [1.54, 1.807) is 7.11 Å². The van der Waals surface area contributed by atoms with Gasteiger partial charge in [-0.2, -0.15) is 5.10 Å². The van der Waals surface area contributed by atoms with Crippen LogP contribution in [0, 0.1) is 0 Å². The molecule has 0 aliphatic carbocycles. The monoisotopic (exact) mass is 260 g/mol. The number of carboxylic acids is 1. The summed E-state index contributed by atoms with van der Waals surface area (Å²) in [5.41, 5.74) is 2.74. The Balaban J connectivity index is 2.24. The summed E-state index contributed by atoms with van der Waals surface area (Å²) < 4.78 is 5.24. The molecule has 1 atom stereocenters. The summed E-state index contributed by atoms with van der Waals surface area (Å²) in [5, 5.41) is 15.4. The topological polar surface area (TPSA) is 75.2 Å². The molecule has 5 nitrogen and oxygen atoms in total. The normalized spacial score (nSPS) is 12.3. The Morgan fingerprint density at radius 1 is 1.47 bits per heavy atom. The second kappa shape index (κ2) is 5.67. The van der Waals surface area contributed by atoms with E-state index < -0.39 is 5.97 Å². The number of aromatic nitrogens is 2. The molecule has 0 spiro atoms. The number of ether oxygens (including phenoxy) is 1. The Hall–Kier alpha value is -2.14. The molecule has 1 aromatic heterocycles. The van der Waals surface area contributed by atoms with Gasteiger partial charge in [-0.15, -0.1) is 0 Å². The van der Waals surface area contributed by atoms with Gasteiger partial charge in [-0.05, 0) is 31.0 Å². The predicted octanol–water partition coefficient (Wildman–Crippen LogP) is 2.35. The van der Waals surface area contributed by atoms with Crippen LogP contribution in [0.1, 0.15) is 23.0 Å². The molecule has 1 aromatic carbocycles. The van der Waals surface area contributed by atoms with Gasteiger partial charge in [0.1, 0.15) is 5.69 Å². The van der Waals surface area contributed by atoms with Crippen LogP contribution in [0.15, 0.2) is 30.3 Å². The first-order valence-corrected chi connectivity index (χ1v) is 6.01. The average molecular weight is 260 g/mol. The van der Waals surface area contributed by atoms with E-state index in [0.29, 0.717) is 5.69 Å². The van der Waals surface area contributed by atoms with Crippen molar-refractivity contribution < 1.29 is 14.6 Å². The Bertz CT molecular complexity index is 578. The van der Waals surface area contributed by atoms with E-state index >= 15 is 0 Å². The van der Waals surface area contributed by atoms with Crippen molar-refractivity contribution in [2.75, 3.05) is 7.11 Å². The van der Waals surface area contributed by atoms with E-state index in [1.807, 2.05) is 31.2 Å². The fourth-order valence-corrected chi connectivity index (χ4v) is 1.85. The second-order valence-corrected chi connectivity index (χ2v) is 4.42. The van der Waals surface area contributed by atoms with Crippen molar-refractivity contribution in [2.24, 2.45) is 0 Å². The molecule has 0 aliphatic heterocycles. The zero-order valence-electron chi connectivity index (χ0n) is 10.9. The van der Waals surface area contributed by atoms with Crippen LogP contribution >= 0.6 is 0 Å². The van der Waals surface area contributed by atoms with Crippen molar-refractivity contribution in [3.8, 4) is 11.3 Å². The zero-order chi connectivity index (χ0) is 13.8. The standard InChI is InChI=1S/C14H16N2O3/c1-9(19-2)6-10-4-3-5-11(7-10)12-8-13(14(17)18)16-15-12/h3-5,7-9H,6H2,1-2H3,(H,15,16)(H,17,18). The number of carbonyl (C=O) groups is 1. The zero-order valence-corrected chi connectivity index (χ0v) is 10.9. The molecule has 2 aromatic rings. The first-order chi connectivity index (χ1) is 9.10. The number of aromatic amines is 1. The summed E-state index contributed by atoms with van der Waals surface area (Å²) >= 11 is 0. The number of nitrogens with zero attached hydrogens (tertiary/aromatic N) is 1. The number of rotatable bonds is 5. The summed E-state index contributed by atoms with van der Waals surface area (Å²) in [7, 11) is 1.68. The smallest absolute Gasteiger partial charge is 0.353 e. The maximum Gasteiger partial charge on any atom is 0.353 e. The fourth-order valence-electron chi connectivity index (χ4n) is 1.85. The van der Waals surface area contributed by atoms with Crippen LogP contribution in [0.25, 0.3) is 11.3 Å². The largest absolute Gasteiger partial charge is 0.477 e. The van der Waals surface area contributed by atoms with Gasteiger partial charge < -0.3 is 9.84 Å². The SMILES string of the molecule is COC(C)Cc1cccc(-c2cc(C(=O)O)[nH]n2)c1. The van der Waals surface area contributed by atoms with E-state index in [0.717, 1.165) is 17.5 Å². The Morgan fingerprint density at radius 3 is 2.89 bits per heavy atom. The number of nitrogens with one attached hydrogen (secondary N) is 1. The summed E-state index contributed by atoms with van der Waals surface area (Å²) in [4.78, 5) is 10.8. The van der Waals surface area contributed by atoms with Crippen LogP contribution in [0.2, 0.25) is 0 Å². The molecule has 19 heavy (non-hydrogen) atoms. The lowest BCUT2D eigenvalue weighted by Gasteiger charge is -2.09. The van der Waals surface area contributed by atoms with Gasteiger partial charge in [0.05, 0.1) is 11.8 Å². The van der Waals surface area contributed by atoms with Gasteiger partial charge in [0, 0.05) is 12.7 Å². The van der Waals surface area contributed by atoms with Gasteiger partial charge in [0.2, 0.25) is 0 Å². The molecule has 100 valence electrons. The number of H-pyrrole nitrogens is 1. The minimum atomic E-state index is -1.01. The molecule has 5 heteroatoms. The number of hydrogen-bond acceptors (Lipinski definition) is 3. The van der Waals surface area contributed by atoms with Crippen LogP contribution in [0.4, 0.5) is 0 Å². The highest BCUT2D eigenvalue weighted by Crippen LogP contribution is 2.20. The van der Waals surface area contributed by atoms with E-state index in [2.05, 4.69) is 10.2 Å². The summed E-state index contributed by atoms with van der Waals surface area (Å²) in [5.74, 6) is -1.01. The molecular formula is C14H16N2O3. The molecule has 2 N–H and O–H groups in total. The van der Waals surface area contributed by atoms with E-state index in [1.165, 1.54) is 6.07 Å². The van der Waals surface area contributed by atoms with Gasteiger partial charge in [0.25, 0.3) is 0 Å². The van der Waals surface area contributed by atoms with Crippen molar-refractivity contribution in [1.82, 2.24) is 10.2 Å². The number of aromatic carboxylic acids is 1. The molecular weight excluding hydrogens is 244 g/mol. The third-order valence-electron chi connectivity index (χ3n) is 2.96. The van der Waals surface area contributed by atoms with Gasteiger partial charge in [-0.3, -0.25) is 5.10 Å². The molecule has 0 fully saturated rings. The minimum Gasteiger partial charge on any atom is -0.477 e. The highest BCUT2D eigenvalue weighted by atomic mass is 16.5. The third-order valence-corrected chi connectivity index (χ3v) is 2.96. The molecule has 0 aliphatic rings.